The molecule has 0 aliphatic rings. The molecule has 1 atom stereocenters. The summed E-state index contributed by atoms with van der Waals surface area (Å²) in [5.41, 5.74) is -1.88. The van der Waals surface area contributed by atoms with Gasteiger partial charge in [-0.3, -0.25) is 4.79 Å². The zero-order valence-corrected chi connectivity index (χ0v) is 11.2. The Kier molecular flexibility index (Phi) is 5.60. The number of alkyl halides is 2. The lowest BCUT2D eigenvalue weighted by molar-refractivity contribution is -0.156. The van der Waals surface area contributed by atoms with Gasteiger partial charge in [-0.1, -0.05) is 18.2 Å². The van der Waals surface area contributed by atoms with Crippen LogP contribution in [0.5, 0.6) is 5.75 Å². The molecule has 0 saturated carbocycles. The van der Waals surface area contributed by atoms with Crippen LogP contribution in [0.15, 0.2) is 24.3 Å². The van der Waals surface area contributed by atoms with Crippen molar-refractivity contribution >= 4 is 11.9 Å². The molecule has 6 nitrogen and oxygen atoms in total. The third-order valence-corrected chi connectivity index (χ3v) is 2.63. The van der Waals surface area contributed by atoms with Crippen LogP contribution in [-0.2, 0) is 16.0 Å². The van der Waals surface area contributed by atoms with Crippen LogP contribution in [0.1, 0.15) is 12.5 Å². The topological polar surface area (TPSA) is 95.9 Å². The first kappa shape index (κ1) is 16.8. The number of hydrogen-bond donors (Lipinski definition) is 3. The lowest BCUT2D eigenvalue weighted by Crippen LogP contribution is -2.46. The molecule has 0 heterocycles. The summed E-state index contributed by atoms with van der Waals surface area (Å²) >= 11 is 0. The third kappa shape index (κ3) is 5.35. The predicted octanol–water partition coefficient (Wildman–Crippen LogP) is 0.782. The average Bonchev–Trinajstić information content (AvgIpc) is 2.38. The molecule has 1 amide bonds. The van der Waals surface area contributed by atoms with Gasteiger partial charge in [0, 0.05) is 5.56 Å². The summed E-state index contributed by atoms with van der Waals surface area (Å²) in [7, 11) is 0. The molecule has 0 aromatic heterocycles. The van der Waals surface area contributed by atoms with Crippen molar-refractivity contribution in [3.63, 3.8) is 0 Å². The molecular formula is C13H15F2NO5. The first-order valence-corrected chi connectivity index (χ1v) is 5.97. The molecule has 0 bridgehead atoms. The van der Waals surface area contributed by atoms with Crippen molar-refractivity contribution in [2.24, 2.45) is 0 Å². The molecule has 0 aliphatic carbocycles. The summed E-state index contributed by atoms with van der Waals surface area (Å²) in [6.07, 6.45) is -0.279. The number of benzene rings is 1. The zero-order valence-electron chi connectivity index (χ0n) is 11.2. The molecule has 0 saturated heterocycles. The Hall–Kier alpha value is -2.22. The minimum absolute atomic E-state index is 0.132. The Balaban J connectivity index is 2.65. The molecule has 116 valence electrons. The van der Waals surface area contributed by atoms with Gasteiger partial charge in [-0.15, -0.1) is 0 Å². The van der Waals surface area contributed by atoms with E-state index in [1.807, 2.05) is 0 Å². The van der Waals surface area contributed by atoms with Gasteiger partial charge in [-0.25, -0.2) is 4.79 Å². The summed E-state index contributed by atoms with van der Waals surface area (Å²) in [4.78, 5) is 22.3. The van der Waals surface area contributed by atoms with E-state index >= 15 is 0 Å². The molecule has 3 N–H and O–H groups in total. The van der Waals surface area contributed by atoms with Gasteiger partial charge in [0.2, 0.25) is 5.91 Å². The molecule has 1 unspecified atom stereocenters. The fourth-order valence-corrected chi connectivity index (χ4v) is 1.44. The number of para-hydroxylation sites is 1. The minimum Gasteiger partial charge on any atom is -0.479 e. The van der Waals surface area contributed by atoms with E-state index in [0.29, 0.717) is 0 Å². The van der Waals surface area contributed by atoms with E-state index in [9.17, 15) is 23.5 Å². The van der Waals surface area contributed by atoms with Gasteiger partial charge in [-0.2, -0.15) is 8.78 Å². The number of halogens is 2. The van der Waals surface area contributed by atoms with Crippen LogP contribution in [0.2, 0.25) is 0 Å². The van der Waals surface area contributed by atoms with Crippen molar-refractivity contribution in [3.8, 4) is 5.75 Å². The SMILES string of the molecule is CC(O)(CNC(=O)Cc1ccccc1OC(F)F)C(=O)O. The van der Waals surface area contributed by atoms with Crippen molar-refractivity contribution in [2.45, 2.75) is 25.6 Å². The number of hydrogen-bond acceptors (Lipinski definition) is 4. The van der Waals surface area contributed by atoms with Gasteiger partial charge in [0.25, 0.3) is 0 Å². The fourth-order valence-electron chi connectivity index (χ4n) is 1.44. The fraction of sp³-hybridized carbons (Fsp3) is 0.385. The normalized spacial score (nSPS) is 13.6. The van der Waals surface area contributed by atoms with Crippen LogP contribution >= 0.6 is 0 Å². The Labute approximate surface area is 119 Å². The summed E-state index contributed by atoms with van der Waals surface area (Å²) < 4.78 is 28.7. The minimum atomic E-state index is -3.01. The quantitative estimate of drug-likeness (QED) is 0.692. The van der Waals surface area contributed by atoms with Crippen LogP contribution in [0.4, 0.5) is 8.78 Å². The van der Waals surface area contributed by atoms with Crippen LogP contribution in [-0.4, -0.2) is 40.8 Å². The van der Waals surface area contributed by atoms with Crippen molar-refractivity contribution in [1.29, 1.82) is 0 Å². The van der Waals surface area contributed by atoms with Gasteiger partial charge in [0.15, 0.2) is 5.60 Å². The second-order valence-electron chi connectivity index (χ2n) is 4.52. The van der Waals surface area contributed by atoms with Gasteiger partial charge >= 0.3 is 12.6 Å². The number of carbonyl (C=O) groups excluding carboxylic acids is 1. The summed E-state index contributed by atoms with van der Waals surface area (Å²) in [6.45, 7) is -2.48. The number of aliphatic carboxylic acids is 1. The molecule has 0 spiro atoms. The van der Waals surface area contributed by atoms with Crippen LogP contribution in [0, 0.1) is 0 Å². The van der Waals surface area contributed by atoms with E-state index in [1.54, 1.807) is 6.07 Å². The number of carboxylic acids is 1. The van der Waals surface area contributed by atoms with E-state index in [1.165, 1.54) is 18.2 Å². The van der Waals surface area contributed by atoms with E-state index in [-0.39, 0.29) is 17.7 Å². The predicted molar refractivity (Wildman–Crippen MR) is 68.0 cm³/mol. The highest BCUT2D eigenvalue weighted by atomic mass is 19.3. The monoisotopic (exact) mass is 303 g/mol. The highest BCUT2D eigenvalue weighted by molar-refractivity contribution is 5.81. The smallest absolute Gasteiger partial charge is 0.387 e. The number of rotatable bonds is 7. The molecule has 1 rings (SSSR count). The molecule has 1 aromatic carbocycles. The largest absolute Gasteiger partial charge is 0.479 e. The highest BCUT2D eigenvalue weighted by Crippen LogP contribution is 2.20. The maximum atomic E-state index is 12.2. The number of carboxylic acid groups (broad SMARTS) is 1. The van der Waals surface area contributed by atoms with Crippen LogP contribution in [0.3, 0.4) is 0 Å². The summed E-state index contributed by atoms with van der Waals surface area (Å²) in [6, 6.07) is 5.76. The Bertz CT molecular complexity index is 519. The lowest BCUT2D eigenvalue weighted by Gasteiger charge is -2.18. The van der Waals surface area contributed by atoms with Gasteiger partial charge in [0.1, 0.15) is 5.75 Å². The number of aliphatic hydroxyl groups is 1. The van der Waals surface area contributed by atoms with E-state index < -0.39 is 30.6 Å². The van der Waals surface area contributed by atoms with Gasteiger partial charge in [0.05, 0.1) is 13.0 Å². The van der Waals surface area contributed by atoms with Gasteiger partial charge in [-0.05, 0) is 13.0 Å². The molecule has 0 aliphatic heterocycles. The molecule has 1 aromatic rings. The highest BCUT2D eigenvalue weighted by Gasteiger charge is 2.30. The molecular weight excluding hydrogens is 288 g/mol. The first-order chi connectivity index (χ1) is 9.72. The standard InChI is InChI=1S/C13H15F2NO5/c1-13(20,11(18)19)7-16-10(17)6-8-4-2-3-5-9(8)21-12(14)15/h2-5,12,20H,6-7H2,1H3,(H,16,17)(H,18,19). The molecule has 21 heavy (non-hydrogen) atoms. The molecule has 0 radical (unpaired) electrons. The number of carbonyl (C=O) groups is 2. The Morgan fingerprint density at radius 2 is 2.00 bits per heavy atom. The number of ether oxygens (including phenoxy) is 1. The Morgan fingerprint density at radius 3 is 2.57 bits per heavy atom. The zero-order chi connectivity index (χ0) is 16.0. The van der Waals surface area contributed by atoms with E-state index in [2.05, 4.69) is 10.1 Å². The van der Waals surface area contributed by atoms with E-state index in [4.69, 9.17) is 5.11 Å². The molecule has 0 fully saturated rings. The van der Waals surface area contributed by atoms with Crippen LogP contribution < -0.4 is 10.1 Å². The van der Waals surface area contributed by atoms with Crippen molar-refractivity contribution in [2.75, 3.05) is 6.54 Å². The number of amides is 1. The second-order valence-corrected chi connectivity index (χ2v) is 4.52. The van der Waals surface area contributed by atoms with Crippen molar-refractivity contribution < 1.29 is 33.3 Å². The maximum Gasteiger partial charge on any atom is 0.387 e. The summed E-state index contributed by atoms with van der Waals surface area (Å²) in [5.74, 6) is -2.24. The first-order valence-electron chi connectivity index (χ1n) is 5.97. The molecule has 8 heteroatoms. The summed E-state index contributed by atoms with van der Waals surface area (Å²) in [5, 5.41) is 20.3. The third-order valence-electron chi connectivity index (χ3n) is 2.63. The number of nitrogens with one attached hydrogen (secondary N) is 1. The maximum absolute atomic E-state index is 12.2. The van der Waals surface area contributed by atoms with Crippen LogP contribution in [0.25, 0.3) is 0 Å². The van der Waals surface area contributed by atoms with E-state index in [0.717, 1.165) is 6.92 Å². The average molecular weight is 303 g/mol. The second kappa shape index (κ2) is 6.98. The van der Waals surface area contributed by atoms with Crippen molar-refractivity contribution in [1.82, 2.24) is 5.32 Å². The Morgan fingerprint density at radius 1 is 1.38 bits per heavy atom. The van der Waals surface area contributed by atoms with Gasteiger partial charge < -0.3 is 20.3 Å². The van der Waals surface area contributed by atoms with Crippen molar-refractivity contribution in [3.05, 3.63) is 29.8 Å². The lowest BCUT2D eigenvalue weighted by atomic mass is 10.1.